The summed E-state index contributed by atoms with van der Waals surface area (Å²) in [7, 11) is -5.92. The molecule has 2 heterocycles. The summed E-state index contributed by atoms with van der Waals surface area (Å²) in [5.74, 6) is 1.83. The lowest BCUT2D eigenvalue weighted by molar-refractivity contribution is 0.493. The van der Waals surface area contributed by atoms with Crippen LogP contribution in [-0.2, 0) is 4.57 Å². The van der Waals surface area contributed by atoms with Crippen LogP contribution in [0.4, 0.5) is 0 Å². The number of hydrogen-bond donors (Lipinski definition) is 0. The minimum Gasteiger partial charge on any atom is -0.457 e. The van der Waals surface area contributed by atoms with E-state index in [-0.39, 0.29) is 0 Å². The van der Waals surface area contributed by atoms with Crippen LogP contribution in [0.25, 0.3) is 27.5 Å². The molecule has 8 aromatic carbocycles. The molecule has 0 unspecified atom stereocenters. The number of hydrogen-bond acceptors (Lipinski definition) is 2. The predicted octanol–water partition coefficient (Wildman–Crippen LogP) is 7.91. The Balaban J connectivity index is 1.22. The molecule has 0 saturated heterocycles. The van der Waals surface area contributed by atoms with Gasteiger partial charge in [-0.1, -0.05) is 164 Å². The summed E-state index contributed by atoms with van der Waals surface area (Å²) in [6.07, 6.45) is 0. The molecule has 1 aliphatic heterocycles. The van der Waals surface area contributed by atoms with E-state index < -0.39 is 15.2 Å². The van der Waals surface area contributed by atoms with Crippen molar-refractivity contribution in [2.75, 3.05) is 0 Å². The lowest BCUT2D eigenvalue weighted by Gasteiger charge is -2.39. The van der Waals surface area contributed by atoms with E-state index in [4.69, 9.17) is 4.74 Å². The van der Waals surface area contributed by atoms with Crippen LogP contribution in [0.3, 0.4) is 0 Å². The number of ether oxygens (including phenoxy) is 1. The number of benzene rings is 8. The Morgan fingerprint density at radius 2 is 0.943 bits per heavy atom. The summed E-state index contributed by atoms with van der Waals surface area (Å²) >= 11 is 0. The Labute approximate surface area is 309 Å². The highest BCUT2D eigenvalue weighted by atomic mass is 31.2. The molecule has 1 aliphatic rings. The minimum absolute atomic E-state index is 0.804. The van der Waals surface area contributed by atoms with Gasteiger partial charge in [0.15, 0.2) is 15.2 Å². The SMILES string of the molecule is O=P(c1ccccc1)(c1ccccc1)c1ccc(-n2c3ccccc3c3c4c(ccc32)[Si](c2ccccc2)(c2ccccc2)c2ccccc2O4)cc1. The highest BCUT2D eigenvalue weighted by Crippen LogP contribution is 2.44. The summed E-state index contributed by atoms with van der Waals surface area (Å²) in [5, 5.41) is 9.82. The molecule has 5 heteroatoms. The third-order valence-corrected chi connectivity index (χ3v) is 18.7. The van der Waals surface area contributed by atoms with Gasteiger partial charge in [0.05, 0.1) is 16.4 Å². The second-order valence-corrected chi connectivity index (χ2v) is 20.1. The number of fused-ring (bicyclic) bond motifs is 6. The first kappa shape index (κ1) is 31.5. The number of para-hydroxylation sites is 2. The average molecular weight is 716 g/mol. The number of aromatic nitrogens is 1. The molecule has 1 aromatic heterocycles. The second kappa shape index (κ2) is 12.5. The van der Waals surface area contributed by atoms with Crippen molar-refractivity contribution < 1.29 is 9.30 Å². The molecule has 0 aliphatic carbocycles. The zero-order chi connectivity index (χ0) is 35.4. The maximum absolute atomic E-state index is 15.2. The second-order valence-electron chi connectivity index (χ2n) is 13.6. The molecule has 9 aromatic rings. The molecule has 0 atom stereocenters. The number of nitrogens with zero attached hydrogens (tertiary/aromatic N) is 1. The zero-order valence-corrected chi connectivity index (χ0v) is 30.7. The molecule has 0 radical (unpaired) electrons. The lowest BCUT2D eigenvalue weighted by Crippen LogP contribution is -2.76. The van der Waals surface area contributed by atoms with E-state index in [9.17, 15) is 0 Å². The first-order valence-corrected chi connectivity index (χ1v) is 21.7. The van der Waals surface area contributed by atoms with Crippen molar-refractivity contribution in [3.8, 4) is 17.2 Å². The topological polar surface area (TPSA) is 31.2 Å². The van der Waals surface area contributed by atoms with E-state index in [1.165, 1.54) is 20.7 Å². The van der Waals surface area contributed by atoms with E-state index in [0.29, 0.717) is 0 Å². The Morgan fingerprint density at radius 3 is 1.57 bits per heavy atom. The molecule has 0 amide bonds. The van der Waals surface area contributed by atoms with Gasteiger partial charge in [-0.25, -0.2) is 0 Å². The quantitative estimate of drug-likeness (QED) is 0.130. The molecule has 10 rings (SSSR count). The van der Waals surface area contributed by atoms with Crippen molar-refractivity contribution >= 4 is 73.7 Å². The van der Waals surface area contributed by atoms with Crippen molar-refractivity contribution in [3.63, 3.8) is 0 Å². The van der Waals surface area contributed by atoms with Crippen LogP contribution in [0.1, 0.15) is 0 Å². The van der Waals surface area contributed by atoms with E-state index in [2.05, 4.69) is 138 Å². The van der Waals surface area contributed by atoms with Crippen molar-refractivity contribution in [1.82, 2.24) is 4.57 Å². The molecule has 0 saturated carbocycles. The standard InChI is InChI=1S/C48H34NO2PSi/c50-52(36-17-5-1-6-18-36,37-19-7-2-8-20-37)38-31-29-35(30-32-38)49-42-26-14-13-25-41(42)47-43(49)33-34-46-48(47)51-44-27-15-16-28-45(44)53(46,39-21-9-3-10-22-39)40-23-11-4-12-24-40/h1-34H. The smallest absolute Gasteiger partial charge is 0.188 e. The summed E-state index contributed by atoms with van der Waals surface area (Å²) in [6, 6.07) is 71.9. The Kier molecular flexibility index (Phi) is 7.43. The third kappa shape index (κ3) is 4.70. The van der Waals surface area contributed by atoms with Crippen LogP contribution in [0, 0.1) is 0 Å². The molecule has 0 bridgehead atoms. The first-order valence-electron chi connectivity index (χ1n) is 18.0. The average Bonchev–Trinajstić information content (AvgIpc) is 3.59. The van der Waals surface area contributed by atoms with Crippen LogP contribution in [-0.4, -0.2) is 12.6 Å². The molecule has 252 valence electrons. The zero-order valence-electron chi connectivity index (χ0n) is 28.8. The van der Waals surface area contributed by atoms with Gasteiger partial charge in [-0.15, -0.1) is 0 Å². The normalized spacial score (nSPS) is 13.3. The Hall–Kier alpha value is -6.19. The van der Waals surface area contributed by atoms with Crippen LogP contribution in [0.2, 0.25) is 0 Å². The molecule has 0 N–H and O–H groups in total. The van der Waals surface area contributed by atoms with Gasteiger partial charge in [0.1, 0.15) is 11.5 Å². The summed E-state index contributed by atoms with van der Waals surface area (Å²) < 4.78 is 24.6. The minimum atomic E-state index is -3.11. The summed E-state index contributed by atoms with van der Waals surface area (Å²) in [5.41, 5.74) is 3.15. The van der Waals surface area contributed by atoms with Gasteiger partial charge in [0.2, 0.25) is 0 Å². The fourth-order valence-corrected chi connectivity index (χ4v) is 16.1. The van der Waals surface area contributed by atoms with Gasteiger partial charge >= 0.3 is 0 Å². The maximum atomic E-state index is 15.2. The van der Waals surface area contributed by atoms with Gasteiger partial charge < -0.3 is 13.9 Å². The van der Waals surface area contributed by atoms with Gasteiger partial charge in [0, 0.05) is 27.0 Å². The molecular weight excluding hydrogens is 682 g/mol. The van der Waals surface area contributed by atoms with Gasteiger partial charge in [-0.3, -0.25) is 0 Å². The van der Waals surface area contributed by atoms with Gasteiger partial charge in [0.25, 0.3) is 0 Å². The van der Waals surface area contributed by atoms with Gasteiger partial charge in [-0.2, -0.15) is 0 Å². The van der Waals surface area contributed by atoms with E-state index in [1.807, 2.05) is 72.8 Å². The largest absolute Gasteiger partial charge is 0.457 e. The van der Waals surface area contributed by atoms with E-state index in [1.54, 1.807) is 0 Å². The van der Waals surface area contributed by atoms with Crippen LogP contribution in [0.15, 0.2) is 206 Å². The van der Waals surface area contributed by atoms with Crippen molar-refractivity contribution in [3.05, 3.63) is 206 Å². The molecule has 0 spiro atoms. The first-order chi connectivity index (χ1) is 26.2. The number of rotatable bonds is 6. The third-order valence-electron chi connectivity index (χ3n) is 10.8. The summed E-state index contributed by atoms with van der Waals surface area (Å²) in [4.78, 5) is 0. The Morgan fingerprint density at radius 1 is 0.434 bits per heavy atom. The van der Waals surface area contributed by atoms with Crippen LogP contribution >= 0.6 is 7.14 Å². The van der Waals surface area contributed by atoms with Gasteiger partial charge in [-0.05, 0) is 63.2 Å². The maximum Gasteiger partial charge on any atom is 0.188 e. The molecule has 3 nitrogen and oxygen atoms in total. The van der Waals surface area contributed by atoms with Crippen molar-refractivity contribution in [1.29, 1.82) is 0 Å². The highest BCUT2D eigenvalue weighted by molar-refractivity contribution is 7.85. The highest BCUT2D eigenvalue weighted by Gasteiger charge is 2.48. The summed E-state index contributed by atoms with van der Waals surface area (Å²) in [6.45, 7) is 0. The fraction of sp³-hybridized carbons (Fsp3) is 0. The molecule has 53 heavy (non-hydrogen) atoms. The van der Waals surface area contributed by atoms with E-state index >= 15 is 4.57 Å². The molecular formula is C48H34NO2PSi. The van der Waals surface area contributed by atoms with Crippen molar-refractivity contribution in [2.24, 2.45) is 0 Å². The van der Waals surface area contributed by atoms with Crippen molar-refractivity contribution in [2.45, 2.75) is 0 Å². The lowest BCUT2D eigenvalue weighted by atomic mass is 10.1. The van der Waals surface area contributed by atoms with Crippen LogP contribution in [0.5, 0.6) is 11.5 Å². The van der Waals surface area contributed by atoms with E-state index in [0.717, 1.165) is 54.9 Å². The molecule has 0 fully saturated rings. The predicted molar refractivity (Wildman–Crippen MR) is 224 cm³/mol. The van der Waals surface area contributed by atoms with Crippen LogP contribution < -0.4 is 41.4 Å². The monoisotopic (exact) mass is 715 g/mol. The Bertz CT molecular complexity index is 2740. The fourth-order valence-electron chi connectivity index (χ4n) is 8.53.